The second-order valence-electron chi connectivity index (χ2n) is 7.83. The van der Waals surface area contributed by atoms with E-state index in [9.17, 15) is 9.59 Å². The highest BCUT2D eigenvalue weighted by Crippen LogP contribution is 2.30. The molecular formula is C24H22N4O2. The Morgan fingerprint density at radius 3 is 2.80 bits per heavy atom. The number of benzene rings is 2. The molecule has 6 nitrogen and oxygen atoms in total. The summed E-state index contributed by atoms with van der Waals surface area (Å²) in [5.74, 6) is -0.228. The van der Waals surface area contributed by atoms with E-state index in [1.807, 2.05) is 42.6 Å². The minimum Gasteiger partial charge on any atom is -0.379 e. The summed E-state index contributed by atoms with van der Waals surface area (Å²) in [7, 11) is 0. The van der Waals surface area contributed by atoms with Gasteiger partial charge in [0.05, 0.1) is 12.2 Å². The molecule has 1 saturated heterocycles. The Balaban J connectivity index is 1.30. The minimum absolute atomic E-state index is 0.0830. The first-order valence-electron chi connectivity index (χ1n) is 10.1. The number of aromatic nitrogens is 1. The molecule has 3 aromatic rings. The molecule has 0 spiro atoms. The SMILES string of the molecule is C=C1CCC(N2Cc3cc(NCc4cc5ccccc5cn4)ccc3C2=O)C(=O)N1. The van der Waals surface area contributed by atoms with E-state index in [4.69, 9.17) is 0 Å². The molecule has 0 radical (unpaired) electrons. The van der Waals surface area contributed by atoms with E-state index in [2.05, 4.69) is 34.3 Å². The molecule has 0 aliphatic carbocycles. The third-order valence-corrected chi connectivity index (χ3v) is 5.80. The Morgan fingerprint density at radius 2 is 1.97 bits per heavy atom. The molecule has 0 bridgehead atoms. The highest BCUT2D eigenvalue weighted by atomic mass is 16.2. The molecule has 150 valence electrons. The molecule has 2 amide bonds. The van der Waals surface area contributed by atoms with E-state index in [0.29, 0.717) is 37.2 Å². The van der Waals surface area contributed by atoms with Crippen molar-refractivity contribution in [2.24, 2.45) is 0 Å². The molecule has 2 aliphatic heterocycles. The van der Waals surface area contributed by atoms with Crippen LogP contribution < -0.4 is 10.6 Å². The second kappa shape index (κ2) is 7.30. The van der Waals surface area contributed by atoms with Crippen molar-refractivity contribution in [1.29, 1.82) is 0 Å². The first-order valence-corrected chi connectivity index (χ1v) is 10.1. The molecule has 1 aromatic heterocycles. The lowest BCUT2D eigenvalue weighted by Gasteiger charge is -2.30. The molecule has 1 unspecified atom stereocenters. The third kappa shape index (κ3) is 3.30. The van der Waals surface area contributed by atoms with Crippen LogP contribution in [0.4, 0.5) is 5.69 Å². The number of hydrogen-bond acceptors (Lipinski definition) is 4. The van der Waals surface area contributed by atoms with Gasteiger partial charge >= 0.3 is 0 Å². The number of anilines is 1. The van der Waals surface area contributed by atoms with Crippen molar-refractivity contribution in [1.82, 2.24) is 15.2 Å². The van der Waals surface area contributed by atoms with Crippen molar-refractivity contribution in [3.63, 3.8) is 0 Å². The minimum atomic E-state index is -0.436. The van der Waals surface area contributed by atoms with Gasteiger partial charge in [0, 0.05) is 35.1 Å². The molecule has 1 atom stereocenters. The Kier molecular flexibility index (Phi) is 4.47. The fourth-order valence-corrected chi connectivity index (χ4v) is 4.18. The van der Waals surface area contributed by atoms with Crippen LogP contribution in [0.15, 0.2) is 67.0 Å². The van der Waals surface area contributed by atoms with Gasteiger partial charge in [0.1, 0.15) is 6.04 Å². The van der Waals surface area contributed by atoms with E-state index < -0.39 is 6.04 Å². The maximum Gasteiger partial charge on any atom is 0.255 e. The number of pyridine rings is 1. The number of rotatable bonds is 4. The number of nitrogens with zero attached hydrogens (tertiary/aromatic N) is 2. The first kappa shape index (κ1) is 18.4. The fraction of sp³-hybridized carbons (Fsp3) is 0.208. The van der Waals surface area contributed by atoms with Crippen LogP contribution in [0, 0.1) is 0 Å². The van der Waals surface area contributed by atoms with Crippen LogP contribution in [0.1, 0.15) is 34.5 Å². The number of carbonyl (C=O) groups excluding carboxylic acids is 2. The predicted octanol–water partition coefficient (Wildman–Crippen LogP) is 3.60. The van der Waals surface area contributed by atoms with Gasteiger partial charge in [-0.15, -0.1) is 0 Å². The van der Waals surface area contributed by atoms with Gasteiger partial charge in [-0.25, -0.2) is 0 Å². The van der Waals surface area contributed by atoms with Crippen LogP contribution in [0.2, 0.25) is 0 Å². The quantitative estimate of drug-likeness (QED) is 0.704. The molecule has 2 N–H and O–H groups in total. The summed E-state index contributed by atoms with van der Waals surface area (Å²) in [6, 6.07) is 15.5. The number of piperidine rings is 1. The summed E-state index contributed by atoms with van der Waals surface area (Å²) in [5, 5.41) is 8.44. The number of amides is 2. The number of hydrogen-bond donors (Lipinski definition) is 2. The van der Waals surface area contributed by atoms with Crippen LogP contribution >= 0.6 is 0 Å². The summed E-state index contributed by atoms with van der Waals surface area (Å²) in [6.07, 6.45) is 3.20. The topological polar surface area (TPSA) is 74.3 Å². The van der Waals surface area contributed by atoms with Crippen LogP contribution in [-0.2, 0) is 17.9 Å². The van der Waals surface area contributed by atoms with Gasteiger partial charge in [-0.2, -0.15) is 0 Å². The Labute approximate surface area is 174 Å². The average Bonchev–Trinajstić information content (AvgIpc) is 3.08. The zero-order valence-electron chi connectivity index (χ0n) is 16.5. The van der Waals surface area contributed by atoms with Gasteiger partial charge in [-0.3, -0.25) is 14.6 Å². The lowest BCUT2D eigenvalue weighted by molar-refractivity contribution is -0.126. The van der Waals surface area contributed by atoms with Gasteiger partial charge in [0.25, 0.3) is 5.91 Å². The van der Waals surface area contributed by atoms with Crippen molar-refractivity contribution >= 4 is 28.3 Å². The predicted molar refractivity (Wildman–Crippen MR) is 116 cm³/mol. The van der Waals surface area contributed by atoms with Crippen LogP contribution in [0.3, 0.4) is 0 Å². The zero-order valence-corrected chi connectivity index (χ0v) is 16.5. The highest BCUT2D eigenvalue weighted by Gasteiger charge is 2.38. The molecule has 1 fully saturated rings. The number of carbonyl (C=O) groups is 2. The maximum absolute atomic E-state index is 12.8. The third-order valence-electron chi connectivity index (χ3n) is 5.80. The molecule has 2 aliphatic rings. The molecule has 30 heavy (non-hydrogen) atoms. The Morgan fingerprint density at radius 1 is 1.13 bits per heavy atom. The van der Waals surface area contributed by atoms with E-state index in [1.54, 1.807) is 4.90 Å². The molecule has 5 rings (SSSR count). The summed E-state index contributed by atoms with van der Waals surface area (Å²) in [6.45, 7) is 4.85. The number of nitrogens with one attached hydrogen (secondary N) is 2. The normalized spacial score (nSPS) is 18.5. The van der Waals surface area contributed by atoms with E-state index >= 15 is 0 Å². The molecule has 6 heteroatoms. The van der Waals surface area contributed by atoms with Gasteiger partial charge in [-0.1, -0.05) is 30.8 Å². The fourth-order valence-electron chi connectivity index (χ4n) is 4.18. The van der Waals surface area contributed by atoms with E-state index in [0.717, 1.165) is 27.7 Å². The second-order valence-corrected chi connectivity index (χ2v) is 7.83. The largest absolute Gasteiger partial charge is 0.379 e. The zero-order chi connectivity index (χ0) is 20.7. The molecule has 3 heterocycles. The van der Waals surface area contributed by atoms with Gasteiger partial charge in [0.2, 0.25) is 5.91 Å². The average molecular weight is 398 g/mol. The summed E-state index contributed by atoms with van der Waals surface area (Å²) >= 11 is 0. The Hall–Kier alpha value is -3.67. The van der Waals surface area contributed by atoms with Crippen molar-refractivity contribution in [2.45, 2.75) is 32.0 Å². The van der Waals surface area contributed by atoms with Crippen molar-refractivity contribution in [3.05, 3.63) is 83.8 Å². The Bertz CT molecular complexity index is 1190. The van der Waals surface area contributed by atoms with Crippen molar-refractivity contribution < 1.29 is 9.59 Å². The maximum atomic E-state index is 12.8. The van der Waals surface area contributed by atoms with Crippen LogP contribution in [0.5, 0.6) is 0 Å². The van der Waals surface area contributed by atoms with Gasteiger partial charge in [-0.05, 0) is 48.1 Å². The van der Waals surface area contributed by atoms with Gasteiger partial charge in [0.15, 0.2) is 0 Å². The smallest absolute Gasteiger partial charge is 0.255 e. The van der Waals surface area contributed by atoms with Crippen molar-refractivity contribution in [3.8, 4) is 0 Å². The van der Waals surface area contributed by atoms with Gasteiger partial charge < -0.3 is 15.5 Å². The van der Waals surface area contributed by atoms with Crippen LogP contribution in [0.25, 0.3) is 10.8 Å². The summed E-state index contributed by atoms with van der Waals surface area (Å²) < 4.78 is 0. The van der Waals surface area contributed by atoms with E-state index in [1.165, 1.54) is 0 Å². The summed E-state index contributed by atoms with van der Waals surface area (Å²) in [5.41, 5.74) is 4.20. The summed E-state index contributed by atoms with van der Waals surface area (Å²) in [4.78, 5) is 31.3. The lowest BCUT2D eigenvalue weighted by Crippen LogP contribution is -2.49. The standard InChI is InChI=1S/C24H22N4O2/c1-15-6-9-22(23(29)27-15)28-14-18-11-19(7-8-21(18)24(28)30)26-13-20-10-16-4-2-3-5-17(16)12-25-20/h2-5,7-8,10-12,22,26H,1,6,9,13-14H2,(H,27,29). The highest BCUT2D eigenvalue weighted by molar-refractivity contribution is 6.01. The lowest BCUT2D eigenvalue weighted by atomic mass is 10.0. The van der Waals surface area contributed by atoms with E-state index in [-0.39, 0.29) is 11.8 Å². The first-order chi connectivity index (χ1) is 14.6. The van der Waals surface area contributed by atoms with Crippen molar-refractivity contribution in [2.75, 3.05) is 5.32 Å². The number of allylic oxidation sites excluding steroid dienone is 1. The molecule has 0 saturated carbocycles. The number of fused-ring (bicyclic) bond motifs is 2. The molecular weight excluding hydrogens is 376 g/mol. The van der Waals surface area contributed by atoms with Crippen LogP contribution in [-0.4, -0.2) is 27.7 Å². The monoisotopic (exact) mass is 398 g/mol. The molecule has 2 aromatic carbocycles.